The van der Waals surface area contributed by atoms with Gasteiger partial charge in [0.15, 0.2) is 4.96 Å². The molecule has 2 heterocycles. The molecule has 2 aromatic heterocycles. The Bertz CT molecular complexity index is 997. The fourth-order valence-electron chi connectivity index (χ4n) is 2.75. The van der Waals surface area contributed by atoms with Crippen LogP contribution in [0.4, 0.5) is 4.39 Å². The Hall–Kier alpha value is -2.58. The van der Waals surface area contributed by atoms with Crippen LogP contribution >= 0.6 is 11.3 Å². The third-order valence-electron chi connectivity index (χ3n) is 4.23. The molecule has 0 atom stereocenters. The Morgan fingerprint density at radius 3 is 2.78 bits per heavy atom. The smallest absolute Gasteiger partial charge is 0.259 e. The molecule has 27 heavy (non-hydrogen) atoms. The first-order valence-corrected chi connectivity index (χ1v) is 9.54. The Morgan fingerprint density at radius 1 is 1.33 bits per heavy atom. The number of aromatic nitrogens is 2. The lowest BCUT2D eigenvalue weighted by Crippen LogP contribution is -2.37. The summed E-state index contributed by atoms with van der Waals surface area (Å²) in [5.41, 5.74) is 2.24. The first-order valence-electron chi connectivity index (χ1n) is 8.66. The monoisotopic (exact) mass is 388 g/mol. The van der Waals surface area contributed by atoms with Gasteiger partial charge in [-0.2, -0.15) is 0 Å². The van der Waals surface area contributed by atoms with E-state index < -0.39 is 0 Å². The van der Waals surface area contributed by atoms with E-state index in [-0.39, 0.29) is 23.8 Å². The molecule has 3 aromatic rings. The van der Waals surface area contributed by atoms with Gasteiger partial charge in [0, 0.05) is 30.2 Å². The van der Waals surface area contributed by atoms with Gasteiger partial charge in [-0.05, 0) is 31.2 Å². The van der Waals surface area contributed by atoms with Crippen molar-refractivity contribution >= 4 is 22.2 Å². The lowest BCUT2D eigenvalue weighted by atomic mass is 10.2. The molecule has 0 saturated carbocycles. The Balaban J connectivity index is 1.60. The quantitative estimate of drug-likeness (QED) is 0.675. The summed E-state index contributed by atoms with van der Waals surface area (Å²) in [5, 5.41) is 4.72. The molecular formula is C19H21FN4O2S. The second-order valence-electron chi connectivity index (χ2n) is 6.29. The second kappa shape index (κ2) is 8.41. The average Bonchev–Trinajstić information content (AvgIpc) is 3.02. The zero-order valence-electron chi connectivity index (χ0n) is 15.2. The molecule has 0 unspecified atom stereocenters. The number of carbonyl (C=O) groups excluding carboxylic acids is 1. The number of aryl methyl sites for hydroxylation is 1. The topological polar surface area (TPSA) is 66.7 Å². The number of hydrogen-bond donors (Lipinski definition) is 1. The molecule has 1 aromatic carbocycles. The van der Waals surface area contributed by atoms with Gasteiger partial charge in [0.05, 0.1) is 12.2 Å². The highest BCUT2D eigenvalue weighted by Crippen LogP contribution is 2.12. The fourth-order valence-corrected chi connectivity index (χ4v) is 3.64. The molecule has 0 spiro atoms. The van der Waals surface area contributed by atoms with Gasteiger partial charge >= 0.3 is 0 Å². The maximum absolute atomic E-state index is 12.9. The molecular weight excluding hydrogens is 367 g/mol. The molecule has 0 aliphatic heterocycles. The molecule has 0 saturated heterocycles. The third-order valence-corrected chi connectivity index (χ3v) is 5.18. The summed E-state index contributed by atoms with van der Waals surface area (Å²) in [4.78, 5) is 31.6. The van der Waals surface area contributed by atoms with Crippen LogP contribution in [0, 0.1) is 12.7 Å². The van der Waals surface area contributed by atoms with Gasteiger partial charge in [-0.15, -0.1) is 11.3 Å². The van der Waals surface area contributed by atoms with Crippen LogP contribution in [0.15, 0.2) is 40.5 Å². The molecule has 0 bridgehead atoms. The number of halogens is 1. The molecule has 1 N–H and O–H groups in total. The van der Waals surface area contributed by atoms with E-state index in [0.717, 1.165) is 11.3 Å². The minimum absolute atomic E-state index is 0.106. The maximum Gasteiger partial charge on any atom is 0.259 e. The molecule has 0 radical (unpaired) electrons. The van der Waals surface area contributed by atoms with Crippen molar-refractivity contribution in [2.45, 2.75) is 26.9 Å². The first-order chi connectivity index (χ1) is 13.0. The highest BCUT2D eigenvalue weighted by Gasteiger charge is 2.13. The zero-order valence-corrected chi connectivity index (χ0v) is 16.1. The number of nitrogens with one attached hydrogen (secondary N) is 1. The van der Waals surface area contributed by atoms with Gasteiger partial charge in [0.2, 0.25) is 5.91 Å². The summed E-state index contributed by atoms with van der Waals surface area (Å²) in [7, 11) is 0. The highest BCUT2D eigenvalue weighted by molar-refractivity contribution is 7.15. The standard InChI is InChI=1S/C19H21FN4O2S/c1-3-23(11-17(25)21-9-14-4-6-15(20)7-5-14)10-16-8-18(26)24-13(2)12-27-19(24)22-16/h4-8,12H,3,9-11H2,1-2H3,(H,21,25). The van der Waals surface area contributed by atoms with Gasteiger partial charge in [0.25, 0.3) is 5.56 Å². The first kappa shape index (κ1) is 19.2. The van der Waals surface area contributed by atoms with Gasteiger partial charge in [0.1, 0.15) is 5.82 Å². The minimum Gasteiger partial charge on any atom is -0.351 e. The largest absolute Gasteiger partial charge is 0.351 e. The van der Waals surface area contributed by atoms with E-state index in [2.05, 4.69) is 10.3 Å². The van der Waals surface area contributed by atoms with Gasteiger partial charge in [-0.25, -0.2) is 9.37 Å². The summed E-state index contributed by atoms with van der Waals surface area (Å²) >= 11 is 1.42. The number of benzene rings is 1. The third kappa shape index (κ3) is 4.78. The summed E-state index contributed by atoms with van der Waals surface area (Å²) in [6.07, 6.45) is 0. The van der Waals surface area contributed by atoms with Crippen LogP contribution in [-0.2, 0) is 17.9 Å². The zero-order chi connectivity index (χ0) is 19.4. The van der Waals surface area contributed by atoms with Gasteiger partial charge in [-0.1, -0.05) is 19.1 Å². The molecule has 0 aliphatic rings. The van der Waals surface area contributed by atoms with Crippen LogP contribution in [0.2, 0.25) is 0 Å². The van der Waals surface area contributed by atoms with E-state index in [4.69, 9.17) is 0 Å². The number of fused-ring (bicyclic) bond motifs is 1. The minimum atomic E-state index is -0.302. The second-order valence-corrected chi connectivity index (χ2v) is 7.12. The van der Waals surface area contributed by atoms with Crippen LogP contribution in [0.5, 0.6) is 0 Å². The number of nitrogens with zero attached hydrogens (tertiary/aromatic N) is 3. The Kier molecular flexibility index (Phi) is 5.98. The van der Waals surface area contributed by atoms with Gasteiger partial charge < -0.3 is 5.32 Å². The average molecular weight is 388 g/mol. The van der Waals surface area contributed by atoms with Crippen molar-refractivity contribution in [1.29, 1.82) is 0 Å². The molecule has 0 aliphatic carbocycles. The Labute approximate surface area is 160 Å². The van der Waals surface area contributed by atoms with Crippen LogP contribution < -0.4 is 10.9 Å². The van der Waals surface area contributed by atoms with Crippen LogP contribution in [0.1, 0.15) is 23.9 Å². The molecule has 0 fully saturated rings. The molecule has 3 rings (SSSR count). The number of thiazole rings is 1. The van der Waals surface area contributed by atoms with Crippen molar-refractivity contribution in [3.63, 3.8) is 0 Å². The normalized spacial score (nSPS) is 11.3. The van der Waals surface area contributed by atoms with Crippen molar-refractivity contribution in [3.8, 4) is 0 Å². The number of rotatable bonds is 7. The van der Waals surface area contributed by atoms with Crippen LogP contribution in [0.3, 0.4) is 0 Å². The van der Waals surface area contributed by atoms with Crippen molar-refractivity contribution < 1.29 is 9.18 Å². The molecule has 6 nitrogen and oxygen atoms in total. The van der Waals surface area contributed by atoms with E-state index in [9.17, 15) is 14.0 Å². The Morgan fingerprint density at radius 2 is 2.07 bits per heavy atom. The van der Waals surface area contributed by atoms with Crippen molar-refractivity contribution in [2.24, 2.45) is 0 Å². The van der Waals surface area contributed by atoms with Crippen molar-refractivity contribution in [1.82, 2.24) is 19.6 Å². The van der Waals surface area contributed by atoms with Crippen molar-refractivity contribution in [3.05, 3.63) is 68.8 Å². The SMILES string of the molecule is CCN(CC(=O)NCc1ccc(F)cc1)Cc1cc(=O)n2c(C)csc2n1. The molecule has 142 valence electrons. The van der Waals surface area contributed by atoms with Crippen molar-refractivity contribution in [2.75, 3.05) is 13.1 Å². The summed E-state index contributed by atoms with van der Waals surface area (Å²) < 4.78 is 14.5. The molecule has 1 amide bonds. The lowest BCUT2D eigenvalue weighted by molar-refractivity contribution is -0.122. The van der Waals surface area contributed by atoms with E-state index in [1.54, 1.807) is 16.5 Å². The van der Waals surface area contributed by atoms with Crippen LogP contribution in [0.25, 0.3) is 4.96 Å². The van der Waals surface area contributed by atoms with E-state index in [1.165, 1.54) is 29.5 Å². The maximum atomic E-state index is 12.9. The van der Waals surface area contributed by atoms with Crippen LogP contribution in [-0.4, -0.2) is 33.3 Å². The number of carbonyl (C=O) groups is 1. The highest BCUT2D eigenvalue weighted by atomic mass is 32.1. The summed E-state index contributed by atoms with van der Waals surface area (Å²) in [5.74, 6) is -0.436. The van der Waals surface area contributed by atoms with E-state index in [1.807, 2.05) is 24.1 Å². The number of hydrogen-bond acceptors (Lipinski definition) is 5. The van der Waals surface area contributed by atoms with E-state index >= 15 is 0 Å². The van der Waals surface area contributed by atoms with Gasteiger partial charge in [-0.3, -0.25) is 18.9 Å². The molecule has 8 heteroatoms. The fraction of sp³-hybridized carbons (Fsp3) is 0.316. The summed E-state index contributed by atoms with van der Waals surface area (Å²) in [6.45, 7) is 5.43. The summed E-state index contributed by atoms with van der Waals surface area (Å²) in [6, 6.07) is 7.54. The number of amides is 1. The number of likely N-dealkylation sites (N-methyl/N-ethyl adjacent to an activating group) is 1. The lowest BCUT2D eigenvalue weighted by Gasteiger charge is -2.19. The predicted octanol–water partition coefficient (Wildman–Crippen LogP) is 2.34. The predicted molar refractivity (Wildman–Crippen MR) is 103 cm³/mol. The van der Waals surface area contributed by atoms with E-state index in [0.29, 0.717) is 30.3 Å².